The fraction of sp³-hybridized carbons (Fsp3) is 0.308. The van der Waals surface area contributed by atoms with Gasteiger partial charge in [-0.05, 0) is 54.6 Å². The first kappa shape index (κ1) is 36.7. The smallest absolute Gasteiger partial charge is 0.262 e. The van der Waals surface area contributed by atoms with Gasteiger partial charge >= 0.3 is 0 Å². The number of anilines is 4. The molecular weight excluding hydrogens is 683 g/mol. The minimum absolute atomic E-state index is 0.193. The summed E-state index contributed by atoms with van der Waals surface area (Å²) in [5.74, 6) is 1.28. The molecule has 274 valence electrons. The van der Waals surface area contributed by atoms with E-state index < -0.39 is 10.0 Å². The largest absolute Gasteiger partial charge is 0.489 e. The van der Waals surface area contributed by atoms with Crippen LogP contribution >= 0.6 is 0 Å². The van der Waals surface area contributed by atoms with Crippen molar-refractivity contribution in [2.24, 2.45) is 0 Å². The average Bonchev–Trinajstić information content (AvgIpc) is 3.15. The van der Waals surface area contributed by atoms with Crippen LogP contribution in [0.2, 0.25) is 0 Å². The Labute approximate surface area is 305 Å². The van der Waals surface area contributed by atoms with Gasteiger partial charge in [-0.15, -0.1) is 0 Å². The van der Waals surface area contributed by atoms with E-state index >= 15 is 0 Å². The summed E-state index contributed by atoms with van der Waals surface area (Å²) in [5.41, 5.74) is 4.40. The molecule has 12 nitrogen and oxygen atoms in total. The predicted molar refractivity (Wildman–Crippen MR) is 204 cm³/mol. The highest BCUT2D eigenvalue weighted by Gasteiger charge is 2.20. The molecular formula is C39H45N5O7S. The highest BCUT2D eigenvalue weighted by molar-refractivity contribution is 7.93. The average molecular weight is 728 g/mol. The van der Waals surface area contributed by atoms with E-state index in [1.165, 1.54) is 0 Å². The van der Waals surface area contributed by atoms with Crippen molar-refractivity contribution in [3.63, 3.8) is 0 Å². The molecule has 5 aromatic rings. The van der Waals surface area contributed by atoms with Crippen molar-refractivity contribution in [2.45, 2.75) is 18.0 Å². The van der Waals surface area contributed by atoms with Gasteiger partial charge in [0.05, 0.1) is 86.1 Å². The topological polar surface area (TPSA) is 133 Å². The number of pyridine rings is 1. The molecule has 0 atom stereocenters. The van der Waals surface area contributed by atoms with E-state index in [9.17, 15) is 8.42 Å². The Bertz CT molecular complexity index is 2040. The van der Waals surface area contributed by atoms with Crippen LogP contribution in [0.25, 0.3) is 10.8 Å². The number of rotatable bonds is 4. The van der Waals surface area contributed by atoms with E-state index in [-0.39, 0.29) is 11.5 Å². The maximum Gasteiger partial charge on any atom is 0.262 e. The van der Waals surface area contributed by atoms with Crippen LogP contribution in [-0.2, 0) is 37.3 Å². The van der Waals surface area contributed by atoms with Gasteiger partial charge in [-0.2, -0.15) is 0 Å². The third kappa shape index (κ3) is 9.82. The molecule has 13 heteroatoms. The number of ether oxygens (including phenoxy) is 5. The zero-order chi connectivity index (χ0) is 36.2. The molecule has 2 bridgehead atoms. The first-order valence-electron chi connectivity index (χ1n) is 17.2. The van der Waals surface area contributed by atoms with Crippen LogP contribution in [0.15, 0.2) is 102 Å². The Kier molecular flexibility index (Phi) is 12.6. The lowest BCUT2D eigenvalue weighted by atomic mass is 10.1. The number of hydrogen-bond donors (Lipinski definition) is 3. The maximum absolute atomic E-state index is 13.8. The van der Waals surface area contributed by atoms with Gasteiger partial charge in [-0.25, -0.2) is 8.42 Å². The van der Waals surface area contributed by atoms with Gasteiger partial charge in [0.15, 0.2) is 0 Å². The highest BCUT2D eigenvalue weighted by atomic mass is 32.2. The monoisotopic (exact) mass is 727 g/mol. The lowest BCUT2D eigenvalue weighted by Gasteiger charge is -2.18. The Morgan fingerprint density at radius 3 is 1.88 bits per heavy atom. The summed E-state index contributed by atoms with van der Waals surface area (Å²) in [6.45, 7) is 4.08. The molecule has 52 heavy (non-hydrogen) atoms. The Morgan fingerprint density at radius 1 is 0.615 bits per heavy atom. The normalized spacial score (nSPS) is 15.3. The van der Waals surface area contributed by atoms with E-state index in [4.69, 9.17) is 28.7 Å². The van der Waals surface area contributed by atoms with Gasteiger partial charge in [0.25, 0.3) is 10.0 Å². The Morgan fingerprint density at radius 2 is 1.19 bits per heavy atom. The van der Waals surface area contributed by atoms with Gasteiger partial charge in [-0.3, -0.25) is 9.71 Å². The molecule has 1 aromatic heterocycles. The lowest BCUT2D eigenvalue weighted by molar-refractivity contribution is 0.00505. The van der Waals surface area contributed by atoms with Gasteiger partial charge in [-0.1, -0.05) is 42.5 Å². The van der Waals surface area contributed by atoms with Gasteiger partial charge in [0, 0.05) is 30.6 Å². The molecule has 1 aliphatic rings. The zero-order valence-electron chi connectivity index (χ0n) is 29.5. The molecule has 0 saturated carbocycles. The molecule has 0 radical (unpaired) electrons. The minimum atomic E-state index is -3.96. The first-order valence-corrected chi connectivity index (χ1v) is 18.7. The lowest BCUT2D eigenvalue weighted by Crippen LogP contribution is -2.16. The summed E-state index contributed by atoms with van der Waals surface area (Å²) in [6.07, 6.45) is 0. The van der Waals surface area contributed by atoms with E-state index in [0.717, 1.165) is 33.9 Å². The number of benzene rings is 4. The molecule has 4 aromatic carbocycles. The Hall–Kier alpha value is -5.08. The van der Waals surface area contributed by atoms with Crippen molar-refractivity contribution < 1.29 is 32.1 Å². The number of nitrogens with zero attached hydrogens (tertiary/aromatic N) is 2. The number of sulfonamides is 1. The van der Waals surface area contributed by atoms with Crippen molar-refractivity contribution in [3.05, 3.63) is 108 Å². The van der Waals surface area contributed by atoms with E-state index in [1.54, 1.807) is 30.3 Å². The van der Waals surface area contributed by atoms with Crippen molar-refractivity contribution in [2.75, 3.05) is 87.2 Å². The third-order valence-electron chi connectivity index (χ3n) is 8.25. The van der Waals surface area contributed by atoms with Crippen LogP contribution in [0.1, 0.15) is 11.4 Å². The van der Waals surface area contributed by atoms with Crippen LogP contribution in [0.5, 0.6) is 11.5 Å². The summed E-state index contributed by atoms with van der Waals surface area (Å²) in [6, 6.07) is 29.7. The molecule has 0 aliphatic carbocycles. The molecule has 0 amide bonds. The van der Waals surface area contributed by atoms with E-state index in [1.807, 2.05) is 85.7 Å². The number of aromatic nitrogens is 1. The summed E-state index contributed by atoms with van der Waals surface area (Å²) in [7, 11) is -0.0868. The van der Waals surface area contributed by atoms with Crippen LogP contribution in [-0.4, -0.2) is 80.4 Å². The summed E-state index contributed by atoms with van der Waals surface area (Å²) in [5, 5.41) is 8.33. The highest BCUT2D eigenvalue weighted by Crippen LogP contribution is 2.33. The van der Waals surface area contributed by atoms with Crippen molar-refractivity contribution in [1.82, 2.24) is 4.98 Å². The van der Waals surface area contributed by atoms with E-state index in [2.05, 4.69) is 15.4 Å². The van der Waals surface area contributed by atoms with Crippen LogP contribution in [0.4, 0.5) is 22.7 Å². The molecule has 0 unspecified atom stereocenters. The molecule has 1 aliphatic heterocycles. The van der Waals surface area contributed by atoms with Crippen LogP contribution in [0.3, 0.4) is 0 Å². The fourth-order valence-corrected chi connectivity index (χ4v) is 7.03. The number of fused-ring (bicyclic) bond motifs is 5. The zero-order valence-corrected chi connectivity index (χ0v) is 30.3. The second-order valence-corrected chi connectivity index (χ2v) is 13.8. The third-order valence-corrected chi connectivity index (χ3v) is 9.69. The summed E-state index contributed by atoms with van der Waals surface area (Å²) < 4.78 is 59.5. The standard InChI is InChI=1S/C39H45N5O7S/c1-44(2)36-13-6-11-33-32(36)10-7-15-39(33)52(45,46)43-29-16-17-38-35(26-29)41-28-31-9-5-8-30(42-31)27-40-34-12-3-4-14-37(34)50-24-22-48-20-18-47-19-21-49-23-25-51-38/h3-17,26,40-41,43H,18-25,27-28H2,1-2H3. The Balaban J connectivity index is 1.22. The van der Waals surface area contributed by atoms with Crippen molar-refractivity contribution >= 4 is 43.5 Å². The summed E-state index contributed by atoms with van der Waals surface area (Å²) in [4.78, 5) is 7.01. The second kappa shape index (κ2) is 17.9. The summed E-state index contributed by atoms with van der Waals surface area (Å²) >= 11 is 0. The quantitative estimate of drug-likeness (QED) is 0.197. The second-order valence-electron chi connectivity index (χ2n) is 12.2. The van der Waals surface area contributed by atoms with Gasteiger partial charge < -0.3 is 39.2 Å². The molecule has 0 spiro atoms. The van der Waals surface area contributed by atoms with Crippen molar-refractivity contribution in [1.29, 1.82) is 0 Å². The molecule has 0 saturated heterocycles. The molecule has 2 heterocycles. The number of nitrogens with one attached hydrogen (secondary N) is 3. The maximum atomic E-state index is 13.8. The molecule has 0 fully saturated rings. The fourth-order valence-electron chi connectivity index (χ4n) is 5.76. The van der Waals surface area contributed by atoms with Gasteiger partial charge in [0.1, 0.15) is 24.7 Å². The number of hydrogen-bond acceptors (Lipinski definition) is 11. The molecule has 6 rings (SSSR count). The van der Waals surface area contributed by atoms with Crippen molar-refractivity contribution in [3.8, 4) is 11.5 Å². The predicted octanol–water partition coefficient (Wildman–Crippen LogP) is 6.15. The van der Waals surface area contributed by atoms with Crippen LogP contribution in [0, 0.1) is 0 Å². The van der Waals surface area contributed by atoms with Gasteiger partial charge in [0.2, 0.25) is 0 Å². The van der Waals surface area contributed by atoms with E-state index in [0.29, 0.717) is 81.8 Å². The van der Waals surface area contributed by atoms with Crippen LogP contribution < -0.4 is 29.7 Å². The SMILES string of the molecule is CN(C)c1cccc2c(S(=O)(=O)Nc3ccc4c(c3)NCc3cccc(n3)CNc3ccccc3OCCOCCOCCOCCO4)cccc12. The number of para-hydroxylation sites is 2. The molecule has 3 N–H and O–H groups in total. The minimum Gasteiger partial charge on any atom is -0.489 e. The first-order chi connectivity index (χ1) is 25.4.